The molecule has 0 unspecified atom stereocenters. The molecule has 3 rings (SSSR count). The van der Waals surface area contributed by atoms with Crippen LogP contribution in [0.4, 0.5) is 0 Å². The summed E-state index contributed by atoms with van der Waals surface area (Å²) in [6, 6.07) is 16.0. The van der Waals surface area contributed by atoms with Gasteiger partial charge in [-0.2, -0.15) is 0 Å². The van der Waals surface area contributed by atoms with Crippen LogP contribution in [0.5, 0.6) is 11.5 Å². The molecule has 2 aromatic rings. The van der Waals surface area contributed by atoms with E-state index in [4.69, 9.17) is 9.47 Å². The average molecular weight is 355 g/mol. The normalized spacial score (nSPS) is 14.6. The third-order valence-corrected chi connectivity index (χ3v) is 4.26. The van der Waals surface area contributed by atoms with Gasteiger partial charge >= 0.3 is 5.97 Å². The van der Waals surface area contributed by atoms with E-state index in [2.05, 4.69) is 0 Å². The maximum atomic E-state index is 13.0. The van der Waals surface area contributed by atoms with Crippen molar-refractivity contribution < 1.29 is 24.2 Å². The van der Waals surface area contributed by atoms with Crippen LogP contribution >= 0.6 is 0 Å². The summed E-state index contributed by atoms with van der Waals surface area (Å²) in [5.41, 5.74) is 0.408. The molecule has 1 saturated heterocycles. The number of rotatable bonds is 6. The standard InChI is InChI=1S/C20H21NO5/c22-19(23)14-21(16-9-11-25-12-10-16)20(24)15-5-4-8-18(13-15)26-17-6-2-1-3-7-17/h1-8,13,16H,9-12,14H2,(H,22,23). The van der Waals surface area contributed by atoms with Crippen LogP contribution in [0.15, 0.2) is 54.6 Å². The Balaban J connectivity index is 1.79. The number of carbonyl (C=O) groups excluding carboxylic acids is 1. The Hall–Kier alpha value is -2.86. The summed E-state index contributed by atoms with van der Waals surface area (Å²) in [5.74, 6) is -0.132. The van der Waals surface area contributed by atoms with Gasteiger partial charge in [0.15, 0.2) is 0 Å². The minimum atomic E-state index is -1.03. The van der Waals surface area contributed by atoms with Gasteiger partial charge in [0.05, 0.1) is 0 Å². The Morgan fingerprint density at radius 2 is 1.73 bits per heavy atom. The molecule has 1 N–H and O–H groups in total. The predicted molar refractivity (Wildman–Crippen MR) is 95.5 cm³/mol. The second-order valence-electron chi connectivity index (χ2n) is 6.11. The minimum absolute atomic E-state index is 0.133. The molecule has 0 radical (unpaired) electrons. The van der Waals surface area contributed by atoms with Gasteiger partial charge in [-0.25, -0.2) is 0 Å². The number of nitrogens with zero attached hydrogens (tertiary/aromatic N) is 1. The number of carbonyl (C=O) groups is 2. The van der Waals surface area contributed by atoms with Crippen molar-refractivity contribution in [2.24, 2.45) is 0 Å². The Kier molecular flexibility index (Phi) is 5.86. The highest BCUT2D eigenvalue weighted by Crippen LogP contribution is 2.24. The van der Waals surface area contributed by atoms with Gasteiger partial charge < -0.3 is 19.5 Å². The first kappa shape index (κ1) is 17.9. The molecule has 0 saturated carbocycles. The number of aliphatic carboxylic acids is 1. The lowest BCUT2D eigenvalue weighted by Gasteiger charge is -2.33. The number of hydrogen-bond donors (Lipinski definition) is 1. The van der Waals surface area contributed by atoms with E-state index in [1.807, 2.05) is 30.3 Å². The molecule has 1 aliphatic rings. The van der Waals surface area contributed by atoms with E-state index in [0.29, 0.717) is 43.1 Å². The molecule has 26 heavy (non-hydrogen) atoms. The van der Waals surface area contributed by atoms with Crippen molar-refractivity contribution in [3.8, 4) is 11.5 Å². The van der Waals surface area contributed by atoms with E-state index in [-0.39, 0.29) is 18.5 Å². The third kappa shape index (κ3) is 4.61. The molecule has 0 atom stereocenters. The summed E-state index contributed by atoms with van der Waals surface area (Å²) in [6.45, 7) is 0.740. The molecule has 0 aromatic heterocycles. The number of carboxylic acid groups (broad SMARTS) is 1. The zero-order valence-corrected chi connectivity index (χ0v) is 14.3. The Morgan fingerprint density at radius 1 is 1.04 bits per heavy atom. The van der Waals surface area contributed by atoms with Crippen LogP contribution in [0.3, 0.4) is 0 Å². The molecular weight excluding hydrogens is 334 g/mol. The second kappa shape index (κ2) is 8.49. The number of amides is 1. The van der Waals surface area contributed by atoms with E-state index in [1.165, 1.54) is 4.90 Å². The molecule has 2 aromatic carbocycles. The van der Waals surface area contributed by atoms with E-state index in [1.54, 1.807) is 24.3 Å². The molecule has 1 fully saturated rings. The number of para-hydroxylation sites is 1. The zero-order valence-electron chi connectivity index (χ0n) is 14.3. The fourth-order valence-corrected chi connectivity index (χ4v) is 2.99. The van der Waals surface area contributed by atoms with Crippen molar-refractivity contribution in [1.29, 1.82) is 0 Å². The zero-order chi connectivity index (χ0) is 18.4. The maximum absolute atomic E-state index is 13.0. The number of carboxylic acids is 1. The van der Waals surface area contributed by atoms with Crippen molar-refractivity contribution in [1.82, 2.24) is 4.90 Å². The Morgan fingerprint density at radius 3 is 2.42 bits per heavy atom. The molecule has 1 aliphatic heterocycles. The summed E-state index contributed by atoms with van der Waals surface area (Å²) >= 11 is 0. The number of benzene rings is 2. The number of ether oxygens (including phenoxy) is 2. The van der Waals surface area contributed by atoms with Gasteiger partial charge in [-0.15, -0.1) is 0 Å². The monoisotopic (exact) mass is 355 g/mol. The second-order valence-corrected chi connectivity index (χ2v) is 6.11. The van der Waals surface area contributed by atoms with Gasteiger partial charge in [0.1, 0.15) is 18.0 Å². The van der Waals surface area contributed by atoms with Crippen molar-refractivity contribution in [2.45, 2.75) is 18.9 Å². The number of hydrogen-bond acceptors (Lipinski definition) is 4. The molecule has 1 heterocycles. The lowest BCUT2D eigenvalue weighted by molar-refractivity contribution is -0.138. The van der Waals surface area contributed by atoms with E-state index in [0.717, 1.165) is 0 Å². The quantitative estimate of drug-likeness (QED) is 0.861. The van der Waals surface area contributed by atoms with Gasteiger partial charge in [0.2, 0.25) is 0 Å². The molecule has 6 heteroatoms. The molecular formula is C20H21NO5. The van der Waals surface area contributed by atoms with Crippen LogP contribution in [-0.4, -0.2) is 47.7 Å². The largest absolute Gasteiger partial charge is 0.480 e. The van der Waals surface area contributed by atoms with Crippen LogP contribution in [0, 0.1) is 0 Å². The summed E-state index contributed by atoms with van der Waals surface area (Å²) < 4.78 is 11.1. The van der Waals surface area contributed by atoms with Crippen LogP contribution in [-0.2, 0) is 9.53 Å². The fraction of sp³-hybridized carbons (Fsp3) is 0.300. The van der Waals surface area contributed by atoms with Gasteiger partial charge in [-0.05, 0) is 43.2 Å². The summed E-state index contributed by atoms with van der Waals surface area (Å²) in [7, 11) is 0. The highest BCUT2D eigenvalue weighted by Gasteiger charge is 2.28. The minimum Gasteiger partial charge on any atom is -0.480 e. The van der Waals surface area contributed by atoms with Crippen molar-refractivity contribution in [2.75, 3.05) is 19.8 Å². The van der Waals surface area contributed by atoms with Crippen molar-refractivity contribution in [3.05, 3.63) is 60.2 Å². The SMILES string of the molecule is O=C(O)CN(C(=O)c1cccc(Oc2ccccc2)c1)C1CCOCC1. The van der Waals surface area contributed by atoms with E-state index < -0.39 is 5.97 Å². The van der Waals surface area contributed by atoms with Gasteiger partial charge in [0, 0.05) is 24.8 Å². The van der Waals surface area contributed by atoms with E-state index >= 15 is 0 Å². The van der Waals surface area contributed by atoms with Gasteiger partial charge in [-0.3, -0.25) is 9.59 Å². The lowest BCUT2D eigenvalue weighted by Crippen LogP contribution is -2.46. The first-order valence-corrected chi connectivity index (χ1v) is 8.57. The van der Waals surface area contributed by atoms with E-state index in [9.17, 15) is 14.7 Å². The first-order valence-electron chi connectivity index (χ1n) is 8.57. The Bertz CT molecular complexity index is 756. The molecule has 0 bridgehead atoms. The molecule has 136 valence electrons. The smallest absolute Gasteiger partial charge is 0.323 e. The summed E-state index contributed by atoms with van der Waals surface area (Å²) in [4.78, 5) is 25.6. The molecule has 0 aliphatic carbocycles. The average Bonchev–Trinajstić information content (AvgIpc) is 2.67. The maximum Gasteiger partial charge on any atom is 0.323 e. The summed E-state index contributed by atoms with van der Waals surface area (Å²) in [5, 5.41) is 9.21. The van der Waals surface area contributed by atoms with Gasteiger partial charge in [0.25, 0.3) is 5.91 Å². The summed E-state index contributed by atoms with van der Waals surface area (Å²) in [6.07, 6.45) is 1.28. The third-order valence-electron chi connectivity index (χ3n) is 4.26. The fourth-order valence-electron chi connectivity index (χ4n) is 2.99. The van der Waals surface area contributed by atoms with Crippen molar-refractivity contribution in [3.63, 3.8) is 0 Å². The Labute approximate surface area is 152 Å². The van der Waals surface area contributed by atoms with Gasteiger partial charge in [-0.1, -0.05) is 24.3 Å². The van der Waals surface area contributed by atoms with Crippen LogP contribution in [0.2, 0.25) is 0 Å². The molecule has 0 spiro atoms. The molecule has 6 nitrogen and oxygen atoms in total. The first-order chi connectivity index (χ1) is 12.6. The lowest BCUT2D eigenvalue weighted by atomic mass is 10.1. The predicted octanol–water partition coefficient (Wildman–Crippen LogP) is 3.18. The highest BCUT2D eigenvalue weighted by atomic mass is 16.5. The van der Waals surface area contributed by atoms with Crippen LogP contribution in [0.1, 0.15) is 23.2 Å². The molecule has 1 amide bonds. The van der Waals surface area contributed by atoms with Crippen LogP contribution in [0.25, 0.3) is 0 Å². The highest BCUT2D eigenvalue weighted by molar-refractivity contribution is 5.96. The van der Waals surface area contributed by atoms with Crippen LogP contribution < -0.4 is 4.74 Å². The topological polar surface area (TPSA) is 76.1 Å². The van der Waals surface area contributed by atoms with Crippen molar-refractivity contribution >= 4 is 11.9 Å².